The van der Waals surface area contributed by atoms with Gasteiger partial charge in [0.05, 0.1) is 25.5 Å². The van der Waals surface area contributed by atoms with Crippen LogP contribution >= 0.6 is 15.9 Å². The number of ketones is 1. The maximum Gasteiger partial charge on any atom is 0.308 e. The molecule has 11 heteroatoms. The van der Waals surface area contributed by atoms with E-state index >= 15 is 0 Å². The zero-order valence-corrected chi connectivity index (χ0v) is 18.8. The van der Waals surface area contributed by atoms with E-state index in [0.29, 0.717) is 11.8 Å². The molecular formula is C18H22BrNO8S. The van der Waals surface area contributed by atoms with Crippen LogP contribution in [-0.2, 0) is 34.7 Å². The van der Waals surface area contributed by atoms with Crippen LogP contribution in [0.4, 0.5) is 0 Å². The molecule has 160 valence electrons. The highest BCUT2D eigenvalue weighted by molar-refractivity contribution is 9.09. The standard InChI is InChI=1S/C18H22BrNO8S/c1-11(21)27-15-16(22)18(2,14-12(25-3)7-5-8-13(14)26-4)28-17(15)20-29(23,24)10-6-9-19/h5,7-8,20H,6,9-10H2,1-4H3. The molecule has 1 unspecified atom stereocenters. The van der Waals surface area contributed by atoms with E-state index in [1.54, 1.807) is 18.2 Å². The Hall–Kier alpha value is -2.27. The van der Waals surface area contributed by atoms with E-state index in [2.05, 4.69) is 20.7 Å². The van der Waals surface area contributed by atoms with Crippen molar-refractivity contribution in [3.05, 3.63) is 35.4 Å². The molecule has 0 bridgehead atoms. The van der Waals surface area contributed by atoms with Gasteiger partial charge in [0, 0.05) is 12.3 Å². The molecule has 0 amide bonds. The topological polar surface area (TPSA) is 117 Å². The molecule has 2 rings (SSSR count). The highest BCUT2D eigenvalue weighted by Crippen LogP contribution is 2.46. The highest BCUT2D eigenvalue weighted by Gasteiger charge is 2.53. The van der Waals surface area contributed by atoms with Gasteiger partial charge in [0.1, 0.15) is 11.5 Å². The lowest BCUT2D eigenvalue weighted by molar-refractivity contribution is -0.142. The minimum atomic E-state index is -3.85. The molecule has 0 aromatic heterocycles. The van der Waals surface area contributed by atoms with Crippen molar-refractivity contribution in [2.75, 3.05) is 25.3 Å². The third-order valence-corrected chi connectivity index (χ3v) is 5.98. The lowest BCUT2D eigenvalue weighted by Crippen LogP contribution is -2.33. The average molecular weight is 492 g/mol. The SMILES string of the molecule is COc1cccc(OC)c1C1(C)OC(NS(=O)(=O)CCCBr)=C(OC(C)=O)C1=O. The van der Waals surface area contributed by atoms with Crippen LogP contribution in [0.15, 0.2) is 29.8 Å². The number of nitrogens with one attached hydrogen (secondary N) is 1. The van der Waals surface area contributed by atoms with Crippen molar-refractivity contribution in [3.8, 4) is 11.5 Å². The monoisotopic (exact) mass is 491 g/mol. The molecule has 0 saturated carbocycles. The van der Waals surface area contributed by atoms with Gasteiger partial charge in [-0.05, 0) is 25.5 Å². The minimum absolute atomic E-state index is 0.221. The first-order valence-corrected chi connectivity index (χ1v) is 11.3. The minimum Gasteiger partial charge on any atom is -0.496 e. The van der Waals surface area contributed by atoms with Crippen molar-refractivity contribution < 1.29 is 37.0 Å². The van der Waals surface area contributed by atoms with Crippen LogP contribution in [0.5, 0.6) is 11.5 Å². The third-order valence-electron chi connectivity index (χ3n) is 4.10. The van der Waals surface area contributed by atoms with Gasteiger partial charge < -0.3 is 18.9 Å². The molecule has 0 aliphatic carbocycles. The van der Waals surface area contributed by atoms with Crippen LogP contribution in [0.3, 0.4) is 0 Å². The Bertz CT molecular complexity index is 921. The van der Waals surface area contributed by atoms with Crippen LogP contribution in [0.25, 0.3) is 0 Å². The molecule has 1 atom stereocenters. The van der Waals surface area contributed by atoms with Gasteiger partial charge in [0.2, 0.25) is 27.3 Å². The maximum absolute atomic E-state index is 13.2. The normalized spacial score (nSPS) is 19.0. The molecule has 1 N–H and O–H groups in total. The summed E-state index contributed by atoms with van der Waals surface area (Å²) in [4.78, 5) is 24.7. The summed E-state index contributed by atoms with van der Waals surface area (Å²) in [5.74, 6) is -2.21. The van der Waals surface area contributed by atoms with Crippen molar-refractivity contribution in [3.63, 3.8) is 0 Å². The van der Waals surface area contributed by atoms with Gasteiger partial charge in [-0.3, -0.25) is 14.3 Å². The van der Waals surface area contributed by atoms with E-state index in [1.807, 2.05) is 0 Å². The number of carbonyl (C=O) groups excluding carboxylic acids is 2. The zero-order valence-electron chi connectivity index (χ0n) is 16.4. The number of ether oxygens (including phenoxy) is 4. The lowest BCUT2D eigenvalue weighted by Gasteiger charge is -2.27. The van der Waals surface area contributed by atoms with Crippen LogP contribution in [0.2, 0.25) is 0 Å². The number of sulfonamides is 1. The Morgan fingerprint density at radius 1 is 1.24 bits per heavy atom. The number of carbonyl (C=O) groups is 2. The quantitative estimate of drug-likeness (QED) is 0.411. The largest absolute Gasteiger partial charge is 0.496 e. The van der Waals surface area contributed by atoms with Crippen LogP contribution in [0, 0.1) is 0 Å². The number of hydrogen-bond donors (Lipinski definition) is 1. The first-order valence-electron chi connectivity index (χ1n) is 8.54. The Morgan fingerprint density at radius 3 is 2.31 bits per heavy atom. The lowest BCUT2D eigenvalue weighted by atomic mass is 9.90. The predicted octanol–water partition coefficient (Wildman–Crippen LogP) is 1.95. The van der Waals surface area contributed by atoms with Crippen molar-refractivity contribution in [1.29, 1.82) is 0 Å². The molecule has 1 aromatic carbocycles. The fourth-order valence-corrected chi connectivity index (χ4v) is 4.54. The fourth-order valence-electron chi connectivity index (χ4n) is 2.84. The zero-order chi connectivity index (χ0) is 21.8. The summed E-state index contributed by atoms with van der Waals surface area (Å²) in [6, 6.07) is 4.86. The Morgan fingerprint density at radius 2 is 1.83 bits per heavy atom. The second-order valence-corrected chi connectivity index (χ2v) is 8.85. The second-order valence-electron chi connectivity index (χ2n) is 6.22. The molecule has 0 radical (unpaired) electrons. The third kappa shape index (κ3) is 4.84. The summed E-state index contributed by atoms with van der Waals surface area (Å²) < 4.78 is 48.3. The Labute approximate surface area is 177 Å². The maximum atomic E-state index is 13.2. The van der Waals surface area contributed by atoms with Gasteiger partial charge in [0.15, 0.2) is 0 Å². The summed E-state index contributed by atoms with van der Waals surface area (Å²) in [5.41, 5.74) is -1.52. The summed E-state index contributed by atoms with van der Waals surface area (Å²) in [6.07, 6.45) is 0.330. The van der Waals surface area contributed by atoms with Gasteiger partial charge in [-0.25, -0.2) is 8.42 Å². The number of Topliss-reactive ketones (excluding diaryl/α,β-unsaturated/α-hetero) is 1. The van der Waals surface area contributed by atoms with E-state index in [9.17, 15) is 18.0 Å². The van der Waals surface area contributed by atoms with Gasteiger partial charge in [-0.15, -0.1) is 0 Å². The molecule has 1 aliphatic rings. The van der Waals surface area contributed by atoms with Gasteiger partial charge >= 0.3 is 5.97 Å². The molecule has 29 heavy (non-hydrogen) atoms. The summed E-state index contributed by atoms with van der Waals surface area (Å²) in [6.45, 7) is 2.51. The smallest absolute Gasteiger partial charge is 0.308 e. The molecule has 1 heterocycles. The van der Waals surface area contributed by atoms with E-state index in [-0.39, 0.29) is 22.8 Å². The van der Waals surface area contributed by atoms with Crippen molar-refractivity contribution in [2.45, 2.75) is 25.9 Å². The van der Waals surface area contributed by atoms with Gasteiger partial charge in [-0.1, -0.05) is 22.0 Å². The van der Waals surface area contributed by atoms with Crippen molar-refractivity contribution in [1.82, 2.24) is 4.72 Å². The number of alkyl halides is 1. The highest BCUT2D eigenvalue weighted by atomic mass is 79.9. The number of halogens is 1. The van der Waals surface area contributed by atoms with Crippen LogP contribution in [-0.4, -0.2) is 45.5 Å². The molecule has 0 spiro atoms. The molecular weight excluding hydrogens is 470 g/mol. The molecule has 0 fully saturated rings. The number of esters is 1. The van der Waals surface area contributed by atoms with E-state index in [0.717, 1.165) is 6.92 Å². The fraction of sp³-hybridized carbons (Fsp3) is 0.444. The number of methoxy groups -OCH3 is 2. The first kappa shape index (κ1) is 23.0. The first-order chi connectivity index (χ1) is 13.6. The molecule has 9 nitrogen and oxygen atoms in total. The number of benzene rings is 1. The Kier molecular flexibility index (Phi) is 7.17. The van der Waals surface area contributed by atoms with Crippen molar-refractivity contribution in [2.24, 2.45) is 0 Å². The summed E-state index contributed by atoms with van der Waals surface area (Å²) in [5, 5.41) is 0.472. The molecule has 0 saturated heterocycles. The number of hydrogen-bond acceptors (Lipinski definition) is 8. The van der Waals surface area contributed by atoms with E-state index < -0.39 is 39.0 Å². The predicted molar refractivity (Wildman–Crippen MR) is 107 cm³/mol. The molecule has 1 aromatic rings. The van der Waals surface area contributed by atoms with Gasteiger partial charge in [0.25, 0.3) is 5.78 Å². The van der Waals surface area contributed by atoms with Gasteiger partial charge in [-0.2, -0.15) is 0 Å². The van der Waals surface area contributed by atoms with Crippen molar-refractivity contribution >= 4 is 37.7 Å². The van der Waals surface area contributed by atoms with E-state index in [4.69, 9.17) is 18.9 Å². The van der Waals surface area contributed by atoms with E-state index in [1.165, 1.54) is 21.1 Å². The summed E-state index contributed by atoms with van der Waals surface area (Å²) in [7, 11) is -1.04. The summed E-state index contributed by atoms with van der Waals surface area (Å²) >= 11 is 3.16. The Balaban J connectivity index is 2.55. The second kappa shape index (κ2) is 9.04. The average Bonchev–Trinajstić information content (AvgIpc) is 2.89. The molecule has 1 aliphatic heterocycles. The van der Waals surface area contributed by atoms with Crippen LogP contribution < -0.4 is 14.2 Å². The number of rotatable bonds is 9. The van der Waals surface area contributed by atoms with Crippen LogP contribution in [0.1, 0.15) is 25.8 Å².